The zero-order valence-electron chi connectivity index (χ0n) is 7.59. The van der Waals surface area contributed by atoms with Crippen LogP contribution in [0, 0.1) is 0 Å². The lowest BCUT2D eigenvalue weighted by Crippen LogP contribution is -2.54. The monoisotopic (exact) mass is 179 g/mol. The second kappa shape index (κ2) is 4.15. The van der Waals surface area contributed by atoms with Gasteiger partial charge in [-0.05, 0) is 0 Å². The number of aliphatic hydroxyl groups excluding tert-OH is 3. The van der Waals surface area contributed by atoms with E-state index in [4.69, 9.17) is 16.0 Å². The first-order valence-corrected chi connectivity index (χ1v) is 3.70. The van der Waals surface area contributed by atoms with Gasteiger partial charge in [-0.1, -0.05) is 0 Å². The molecule has 3 N–H and O–H groups in total. The molecule has 1 aliphatic rings. The minimum absolute atomic E-state index is 0.00690. The summed E-state index contributed by atoms with van der Waals surface area (Å²) in [4.78, 5) is 0. The summed E-state index contributed by atoms with van der Waals surface area (Å²) in [6.07, 6.45) is -3.61. The van der Waals surface area contributed by atoms with E-state index in [0.29, 0.717) is 0 Å². The fraction of sp³-hybridized carbons (Fsp3) is 1.00. The number of hydrogen-bond donors (Lipinski definition) is 3. The maximum Gasteiger partial charge on any atom is 0.114 e. The fourth-order valence-corrected chi connectivity index (χ4v) is 1.23. The molecule has 4 atom stereocenters. The molecule has 0 unspecified atom stereocenters. The van der Waals surface area contributed by atoms with Crippen molar-refractivity contribution in [2.45, 2.75) is 24.4 Å². The number of hydrogen-bond acceptors (Lipinski definition) is 5. The molecule has 0 aliphatic carbocycles. The molecule has 0 aromatic carbocycles. The predicted molar refractivity (Wildman–Crippen MR) is 39.6 cm³/mol. The zero-order valence-corrected chi connectivity index (χ0v) is 6.59. The van der Waals surface area contributed by atoms with Crippen LogP contribution in [0.25, 0.3) is 0 Å². The largest absolute Gasteiger partial charge is 0.394 e. The maximum absolute atomic E-state index is 9.48. The lowest BCUT2D eigenvalue weighted by atomic mass is 10.0. The highest BCUT2D eigenvalue weighted by molar-refractivity contribution is 4.87. The molecule has 0 spiro atoms. The van der Waals surface area contributed by atoms with Gasteiger partial charge in [0.2, 0.25) is 0 Å². The van der Waals surface area contributed by atoms with Gasteiger partial charge < -0.3 is 24.8 Å². The molecule has 0 aromatic heterocycles. The summed E-state index contributed by atoms with van der Waals surface area (Å²) in [5.41, 5.74) is 0. The van der Waals surface area contributed by atoms with Crippen molar-refractivity contribution in [2.75, 3.05) is 20.3 Å². The van der Waals surface area contributed by atoms with E-state index in [0.717, 1.165) is 0 Å². The molecule has 1 saturated heterocycles. The average molecular weight is 179 g/mol. The summed E-state index contributed by atoms with van der Waals surface area (Å²) < 4.78 is 16.5. The van der Waals surface area contributed by atoms with E-state index < -0.39 is 24.4 Å². The maximum atomic E-state index is 9.48. The quantitative estimate of drug-likeness (QED) is 0.462. The van der Waals surface area contributed by atoms with Crippen molar-refractivity contribution < 1.29 is 26.2 Å². The lowest BCUT2D eigenvalue weighted by Gasteiger charge is -2.36. The second-order valence-corrected chi connectivity index (χ2v) is 2.74. The van der Waals surface area contributed by atoms with Gasteiger partial charge in [0.15, 0.2) is 0 Å². The number of rotatable bonds is 2. The van der Waals surface area contributed by atoms with E-state index in [2.05, 4.69) is 0 Å². The predicted octanol–water partition coefficient (Wildman–Crippen LogP) is -1.89. The zero-order chi connectivity index (χ0) is 9.84. The topological polar surface area (TPSA) is 79.2 Å². The first-order valence-electron chi connectivity index (χ1n) is 4.40. The summed E-state index contributed by atoms with van der Waals surface area (Å²) >= 11 is 0. The Balaban J connectivity index is 2.55. The van der Waals surface area contributed by atoms with Crippen LogP contribution in [0.1, 0.15) is 1.37 Å². The molecular weight excluding hydrogens is 164 g/mol. The summed E-state index contributed by atoms with van der Waals surface area (Å²) in [6, 6.07) is 0. The molecule has 1 rings (SSSR count). The van der Waals surface area contributed by atoms with Gasteiger partial charge in [0.25, 0.3) is 0 Å². The van der Waals surface area contributed by atoms with Gasteiger partial charge in [0.1, 0.15) is 24.4 Å². The van der Waals surface area contributed by atoms with Crippen molar-refractivity contribution in [1.29, 1.82) is 0 Å². The van der Waals surface area contributed by atoms with Crippen LogP contribution in [-0.2, 0) is 9.47 Å². The second-order valence-electron chi connectivity index (χ2n) is 2.74. The molecule has 1 heterocycles. The Bertz CT molecular complexity index is 156. The van der Waals surface area contributed by atoms with Gasteiger partial charge in [0, 0.05) is 7.09 Å². The Labute approximate surface area is 71.9 Å². The van der Waals surface area contributed by atoms with Crippen LogP contribution in [0.5, 0.6) is 0 Å². The minimum Gasteiger partial charge on any atom is -0.394 e. The van der Waals surface area contributed by atoms with E-state index in [1.807, 2.05) is 0 Å². The minimum atomic E-state index is -1.08. The molecule has 0 amide bonds. The van der Waals surface area contributed by atoms with Gasteiger partial charge in [0.05, 0.1) is 14.6 Å². The smallest absolute Gasteiger partial charge is 0.114 e. The standard InChI is InChI=1S/C7H14O5/c1-11-7-4(9)3-12-5(2-8)6(7)10/h4-10H,2-3H2,1H3/t4-,5-,6-,7-/m1/s1/i1D. The highest BCUT2D eigenvalue weighted by Crippen LogP contribution is 2.17. The number of aliphatic hydroxyl groups is 3. The Morgan fingerprint density at radius 2 is 2.42 bits per heavy atom. The van der Waals surface area contributed by atoms with E-state index in [9.17, 15) is 10.2 Å². The van der Waals surface area contributed by atoms with Gasteiger partial charge in [-0.3, -0.25) is 0 Å². The molecule has 1 fully saturated rings. The highest BCUT2D eigenvalue weighted by atomic mass is 16.6. The first-order chi connectivity index (χ1) is 6.20. The molecule has 0 radical (unpaired) electrons. The van der Waals surface area contributed by atoms with Crippen LogP contribution in [0.15, 0.2) is 0 Å². The number of ether oxygens (including phenoxy) is 2. The first kappa shape index (κ1) is 8.40. The highest BCUT2D eigenvalue weighted by Gasteiger charge is 2.38. The third-order valence-corrected chi connectivity index (χ3v) is 1.95. The summed E-state index contributed by atoms with van der Waals surface area (Å²) in [7, 11) is -0.336. The van der Waals surface area contributed by atoms with Gasteiger partial charge in [-0.2, -0.15) is 0 Å². The van der Waals surface area contributed by atoms with E-state index in [-0.39, 0.29) is 20.3 Å². The van der Waals surface area contributed by atoms with E-state index >= 15 is 0 Å². The molecule has 5 heteroatoms. The van der Waals surface area contributed by atoms with Crippen molar-refractivity contribution in [3.05, 3.63) is 0 Å². The van der Waals surface area contributed by atoms with Crippen LogP contribution >= 0.6 is 0 Å². The van der Waals surface area contributed by atoms with Crippen LogP contribution in [0.4, 0.5) is 0 Å². The van der Waals surface area contributed by atoms with Gasteiger partial charge in [-0.25, -0.2) is 0 Å². The Morgan fingerprint density at radius 3 is 3.00 bits per heavy atom. The van der Waals surface area contributed by atoms with Crippen molar-refractivity contribution >= 4 is 0 Å². The van der Waals surface area contributed by atoms with E-state index in [1.165, 1.54) is 0 Å². The number of methoxy groups -OCH3 is 1. The third kappa shape index (κ3) is 1.75. The van der Waals surface area contributed by atoms with Crippen LogP contribution in [-0.4, -0.2) is 60.0 Å². The van der Waals surface area contributed by atoms with Crippen LogP contribution < -0.4 is 0 Å². The molecule has 5 nitrogen and oxygen atoms in total. The van der Waals surface area contributed by atoms with Crippen molar-refractivity contribution in [3.8, 4) is 0 Å². The van der Waals surface area contributed by atoms with Crippen LogP contribution in [0.2, 0.25) is 0 Å². The third-order valence-electron chi connectivity index (χ3n) is 1.95. The molecular formula is C7H14O5. The van der Waals surface area contributed by atoms with Gasteiger partial charge in [-0.15, -0.1) is 0 Å². The molecule has 0 bridgehead atoms. The summed E-state index contributed by atoms with van der Waals surface area (Å²) in [5, 5.41) is 27.6. The Kier molecular flexibility index (Phi) is 2.91. The molecule has 1 aliphatic heterocycles. The van der Waals surface area contributed by atoms with Gasteiger partial charge >= 0.3 is 0 Å². The molecule has 0 aromatic rings. The summed E-state index contributed by atoms with van der Waals surface area (Å²) in [5.74, 6) is 0. The lowest BCUT2D eigenvalue weighted by molar-refractivity contribution is -0.203. The van der Waals surface area contributed by atoms with E-state index in [1.54, 1.807) is 0 Å². The molecule has 12 heavy (non-hydrogen) atoms. The normalized spacial score (nSPS) is 44.1. The molecule has 72 valence electrons. The van der Waals surface area contributed by atoms with Crippen molar-refractivity contribution in [2.24, 2.45) is 0 Å². The van der Waals surface area contributed by atoms with Crippen molar-refractivity contribution in [3.63, 3.8) is 0 Å². The Morgan fingerprint density at radius 1 is 1.67 bits per heavy atom. The van der Waals surface area contributed by atoms with Crippen LogP contribution in [0.3, 0.4) is 0 Å². The van der Waals surface area contributed by atoms with Crippen molar-refractivity contribution in [1.82, 2.24) is 0 Å². The summed E-state index contributed by atoms with van der Waals surface area (Å²) in [6.45, 7) is -0.321. The Hall–Kier alpha value is -0.200. The average Bonchev–Trinajstić information content (AvgIpc) is 2.12. The fourth-order valence-electron chi connectivity index (χ4n) is 1.23. The SMILES string of the molecule is [2H]CO[C@H]1[C@H](O)[C@@H](CO)OC[C@H]1O. The molecule has 0 saturated carbocycles.